The second kappa shape index (κ2) is 33.7. The van der Waals surface area contributed by atoms with Gasteiger partial charge in [-0.05, 0) is 12.8 Å². The second-order valence-electron chi connectivity index (χ2n) is 13.0. The topological polar surface area (TPSA) is 136 Å². The number of esters is 3. The fraction of sp³-hybridized carbons (Fsp3) is 0.895. The number of carbonyl (C=O) groups is 4. The number of hydrogen-bond acceptors (Lipinski definition) is 8. The van der Waals surface area contributed by atoms with Crippen molar-refractivity contribution in [2.75, 3.05) is 13.2 Å². The quantitative estimate of drug-likeness (QED) is 0.0384. The van der Waals surface area contributed by atoms with Crippen LogP contribution in [-0.4, -0.2) is 59.5 Å². The smallest absolute Gasteiger partial charge is 0.352 e. The Kier molecular flexibility index (Phi) is 32.2. The highest BCUT2D eigenvalue weighted by Gasteiger charge is 2.41. The van der Waals surface area contributed by atoms with Crippen LogP contribution in [0.4, 0.5) is 0 Å². The molecule has 9 heteroatoms. The lowest BCUT2D eigenvalue weighted by atomic mass is 10.0. The molecule has 2 N–H and O–H groups in total. The van der Waals surface area contributed by atoms with E-state index in [1.165, 1.54) is 116 Å². The van der Waals surface area contributed by atoms with Gasteiger partial charge in [-0.2, -0.15) is 0 Å². The maximum absolute atomic E-state index is 12.6. The van der Waals surface area contributed by atoms with Gasteiger partial charge in [0.25, 0.3) is 0 Å². The van der Waals surface area contributed by atoms with Crippen molar-refractivity contribution in [3.63, 3.8) is 0 Å². The fourth-order valence-electron chi connectivity index (χ4n) is 5.68. The molecule has 0 rings (SSSR count). The molecule has 0 amide bonds. The lowest BCUT2D eigenvalue weighted by Crippen LogP contribution is -2.46. The number of carbonyl (C=O) groups excluding carboxylic acids is 3. The van der Waals surface area contributed by atoms with Crippen molar-refractivity contribution in [2.24, 2.45) is 0 Å². The zero-order valence-corrected chi connectivity index (χ0v) is 30.1. The number of ether oxygens (including phenoxy) is 3. The molecule has 0 aliphatic rings. The summed E-state index contributed by atoms with van der Waals surface area (Å²) in [4.78, 5) is 49.6. The summed E-state index contributed by atoms with van der Waals surface area (Å²) in [6, 6.07) is 0. The van der Waals surface area contributed by atoms with Crippen LogP contribution in [0.1, 0.15) is 194 Å². The summed E-state index contributed by atoms with van der Waals surface area (Å²) >= 11 is 0. The summed E-state index contributed by atoms with van der Waals surface area (Å²) < 4.78 is 15.2. The number of aliphatic hydroxyl groups excluding tert-OH is 1. The van der Waals surface area contributed by atoms with Gasteiger partial charge >= 0.3 is 23.9 Å². The standard InChI is InChI=1S/C38H70O9/c1-3-5-7-9-11-13-15-17-19-21-23-25-27-29-33(40)46-35(37(42)43)36(38(44)45-32-31-39)47-34(41)30-28-26-24-22-20-18-16-14-12-10-8-6-4-2/h35-36,39H,3-32H2,1-2H3,(H,42,43)/t35-,36-/m1/s1. The van der Waals surface area contributed by atoms with E-state index in [0.717, 1.165) is 38.5 Å². The van der Waals surface area contributed by atoms with E-state index < -0.39 is 49.3 Å². The molecule has 9 nitrogen and oxygen atoms in total. The Morgan fingerprint density at radius 3 is 1.06 bits per heavy atom. The highest BCUT2D eigenvalue weighted by molar-refractivity contribution is 5.88. The number of rotatable bonds is 35. The molecule has 0 unspecified atom stereocenters. The summed E-state index contributed by atoms with van der Waals surface area (Å²) in [5, 5.41) is 18.8. The van der Waals surface area contributed by atoms with Crippen LogP contribution in [0.5, 0.6) is 0 Å². The van der Waals surface area contributed by atoms with Gasteiger partial charge in [-0.25, -0.2) is 9.59 Å². The van der Waals surface area contributed by atoms with E-state index in [0.29, 0.717) is 12.8 Å². The van der Waals surface area contributed by atoms with Crippen LogP contribution in [0.25, 0.3) is 0 Å². The molecule has 0 aliphatic heterocycles. The first-order valence-electron chi connectivity index (χ1n) is 19.3. The van der Waals surface area contributed by atoms with Crippen LogP contribution in [-0.2, 0) is 33.4 Å². The van der Waals surface area contributed by atoms with E-state index >= 15 is 0 Å². The molecule has 0 bridgehead atoms. The minimum Gasteiger partial charge on any atom is -0.478 e. The van der Waals surface area contributed by atoms with Crippen molar-refractivity contribution in [3.05, 3.63) is 0 Å². The number of unbranched alkanes of at least 4 members (excludes halogenated alkanes) is 24. The molecule has 0 spiro atoms. The van der Waals surface area contributed by atoms with Crippen LogP contribution in [0.15, 0.2) is 0 Å². The van der Waals surface area contributed by atoms with Gasteiger partial charge in [-0.3, -0.25) is 9.59 Å². The van der Waals surface area contributed by atoms with E-state index in [-0.39, 0.29) is 12.8 Å². The number of carboxylic acids is 1. The minimum atomic E-state index is -2.02. The summed E-state index contributed by atoms with van der Waals surface area (Å²) in [7, 11) is 0. The van der Waals surface area contributed by atoms with Gasteiger partial charge in [-0.15, -0.1) is 0 Å². The lowest BCUT2D eigenvalue weighted by molar-refractivity contribution is -0.190. The molecular formula is C38H70O9. The Hall–Kier alpha value is -2.16. The largest absolute Gasteiger partial charge is 0.478 e. The Labute approximate surface area is 286 Å². The third-order valence-corrected chi connectivity index (χ3v) is 8.57. The van der Waals surface area contributed by atoms with Crippen LogP contribution in [0, 0.1) is 0 Å². The summed E-state index contributed by atoms with van der Waals surface area (Å²) in [6.07, 6.45) is 26.0. The van der Waals surface area contributed by atoms with Gasteiger partial charge in [-0.1, -0.05) is 168 Å². The first kappa shape index (κ1) is 44.8. The predicted molar refractivity (Wildman–Crippen MR) is 186 cm³/mol. The first-order valence-corrected chi connectivity index (χ1v) is 19.3. The number of aliphatic hydroxyl groups is 1. The van der Waals surface area contributed by atoms with Gasteiger partial charge < -0.3 is 24.4 Å². The third-order valence-electron chi connectivity index (χ3n) is 8.57. The van der Waals surface area contributed by atoms with Crippen molar-refractivity contribution in [1.29, 1.82) is 0 Å². The highest BCUT2D eigenvalue weighted by atomic mass is 16.6. The van der Waals surface area contributed by atoms with E-state index in [2.05, 4.69) is 13.8 Å². The molecule has 2 atom stereocenters. The number of hydrogen-bond donors (Lipinski definition) is 2. The van der Waals surface area contributed by atoms with Gasteiger partial charge in [0.2, 0.25) is 12.2 Å². The van der Waals surface area contributed by atoms with Crippen molar-refractivity contribution in [3.8, 4) is 0 Å². The molecule has 0 saturated carbocycles. The normalized spacial score (nSPS) is 12.4. The summed E-state index contributed by atoms with van der Waals surface area (Å²) in [5.41, 5.74) is 0. The SMILES string of the molecule is CCCCCCCCCCCCCCCC(=O)O[C@@H](C(=O)O)[C@@H](OC(=O)CCCCCCCCCCCCCCC)C(=O)OCCO. The van der Waals surface area contributed by atoms with E-state index in [4.69, 9.17) is 19.3 Å². The average Bonchev–Trinajstić information content (AvgIpc) is 3.05. The van der Waals surface area contributed by atoms with Crippen molar-refractivity contribution in [2.45, 2.75) is 206 Å². The van der Waals surface area contributed by atoms with E-state index in [1.807, 2.05) is 0 Å². The van der Waals surface area contributed by atoms with Crippen molar-refractivity contribution >= 4 is 23.9 Å². The Morgan fingerprint density at radius 1 is 0.468 bits per heavy atom. The molecule has 0 radical (unpaired) electrons. The molecule has 276 valence electrons. The molecule has 0 aliphatic carbocycles. The maximum atomic E-state index is 12.6. The predicted octanol–water partition coefficient (Wildman–Crippen LogP) is 9.39. The van der Waals surface area contributed by atoms with Crippen molar-refractivity contribution < 1.29 is 43.6 Å². The van der Waals surface area contributed by atoms with Crippen LogP contribution >= 0.6 is 0 Å². The fourth-order valence-corrected chi connectivity index (χ4v) is 5.68. The molecular weight excluding hydrogens is 600 g/mol. The minimum absolute atomic E-state index is 0.00680. The first-order chi connectivity index (χ1) is 22.9. The Morgan fingerprint density at radius 2 is 0.766 bits per heavy atom. The molecule has 0 aromatic heterocycles. The zero-order valence-electron chi connectivity index (χ0n) is 30.1. The summed E-state index contributed by atoms with van der Waals surface area (Å²) in [6.45, 7) is 3.57. The Bertz CT molecular complexity index is 770. The highest BCUT2D eigenvalue weighted by Crippen LogP contribution is 2.17. The van der Waals surface area contributed by atoms with E-state index in [9.17, 15) is 24.3 Å². The van der Waals surface area contributed by atoms with Gasteiger partial charge in [0.05, 0.1) is 6.61 Å². The number of carboxylic acid groups (broad SMARTS) is 1. The van der Waals surface area contributed by atoms with Crippen molar-refractivity contribution in [1.82, 2.24) is 0 Å². The maximum Gasteiger partial charge on any atom is 0.352 e. The van der Waals surface area contributed by atoms with Crippen LogP contribution in [0.2, 0.25) is 0 Å². The van der Waals surface area contributed by atoms with E-state index in [1.54, 1.807) is 0 Å². The second-order valence-corrected chi connectivity index (χ2v) is 13.0. The van der Waals surface area contributed by atoms with Gasteiger partial charge in [0, 0.05) is 12.8 Å². The third kappa shape index (κ3) is 28.6. The zero-order chi connectivity index (χ0) is 34.8. The Balaban J connectivity index is 4.38. The average molecular weight is 671 g/mol. The molecule has 0 aromatic carbocycles. The molecule has 47 heavy (non-hydrogen) atoms. The van der Waals surface area contributed by atoms with Gasteiger partial charge in [0.1, 0.15) is 6.61 Å². The monoisotopic (exact) mass is 671 g/mol. The van der Waals surface area contributed by atoms with Crippen LogP contribution < -0.4 is 0 Å². The van der Waals surface area contributed by atoms with Crippen LogP contribution in [0.3, 0.4) is 0 Å². The molecule has 0 heterocycles. The molecule has 0 aromatic rings. The molecule has 0 saturated heterocycles. The lowest BCUT2D eigenvalue weighted by Gasteiger charge is -2.22. The summed E-state index contributed by atoms with van der Waals surface area (Å²) in [5.74, 6) is -4.30. The van der Waals surface area contributed by atoms with Gasteiger partial charge in [0.15, 0.2) is 0 Å². The number of aliphatic carboxylic acids is 1. The molecule has 0 fully saturated rings.